The van der Waals surface area contributed by atoms with Crippen molar-refractivity contribution in [2.24, 2.45) is 5.92 Å². The Morgan fingerprint density at radius 3 is 1.79 bits per heavy atom. The van der Waals surface area contributed by atoms with Gasteiger partial charge in [0.15, 0.2) is 0 Å². The van der Waals surface area contributed by atoms with E-state index in [0.717, 1.165) is 42.9 Å². The van der Waals surface area contributed by atoms with E-state index in [1.54, 1.807) is 20.8 Å². The van der Waals surface area contributed by atoms with Crippen LogP contribution in [-0.2, 0) is 40.4 Å². The minimum atomic E-state index is -0.904. The van der Waals surface area contributed by atoms with Crippen molar-refractivity contribution in [3.8, 4) is 5.75 Å². The highest BCUT2D eigenvalue weighted by molar-refractivity contribution is 5.82. The second-order valence-electron chi connectivity index (χ2n) is 13.0. The molecule has 1 N–H and O–H groups in total. The molecule has 4 aromatic carbocycles. The first-order valence-electron chi connectivity index (χ1n) is 16.3. The predicted molar refractivity (Wildman–Crippen MR) is 186 cm³/mol. The van der Waals surface area contributed by atoms with Crippen LogP contribution in [0.3, 0.4) is 0 Å². The van der Waals surface area contributed by atoms with Crippen LogP contribution in [0.5, 0.6) is 5.75 Å². The van der Waals surface area contributed by atoms with E-state index in [4.69, 9.17) is 14.2 Å². The van der Waals surface area contributed by atoms with Crippen LogP contribution in [0, 0.1) is 5.92 Å². The van der Waals surface area contributed by atoms with E-state index in [2.05, 4.69) is 77.8 Å². The minimum Gasteiger partial charge on any atom is -0.493 e. The van der Waals surface area contributed by atoms with Gasteiger partial charge in [0.25, 0.3) is 0 Å². The number of carbonyl (C=O) groups excluding carboxylic acids is 2. The third-order valence-electron chi connectivity index (χ3n) is 7.53. The van der Waals surface area contributed by atoms with Crippen molar-refractivity contribution in [3.63, 3.8) is 0 Å². The molecule has 0 fully saturated rings. The highest BCUT2D eigenvalue weighted by atomic mass is 16.6. The fourth-order valence-corrected chi connectivity index (χ4v) is 5.05. The second-order valence-corrected chi connectivity index (χ2v) is 13.0. The van der Waals surface area contributed by atoms with Gasteiger partial charge < -0.3 is 19.5 Å². The first kappa shape index (κ1) is 35.2. The Bertz CT molecular complexity index is 1450. The molecule has 0 aliphatic carbocycles. The normalized spacial score (nSPS) is 12.6. The van der Waals surface area contributed by atoms with Crippen LogP contribution in [-0.4, -0.2) is 41.8 Å². The van der Waals surface area contributed by atoms with Crippen molar-refractivity contribution in [3.05, 3.63) is 138 Å². The molecule has 0 aliphatic heterocycles. The molecule has 0 saturated heterocycles. The highest BCUT2D eigenvalue weighted by Crippen LogP contribution is 2.18. The molecular weight excluding hydrogens is 588 g/mol. The number of rotatable bonds is 16. The van der Waals surface area contributed by atoms with Gasteiger partial charge in [0.05, 0.1) is 6.61 Å². The molecule has 248 valence electrons. The van der Waals surface area contributed by atoms with Crippen LogP contribution in [0.1, 0.15) is 56.4 Å². The first-order chi connectivity index (χ1) is 22.6. The molecule has 0 radical (unpaired) electrons. The maximum atomic E-state index is 13.0. The summed E-state index contributed by atoms with van der Waals surface area (Å²) in [6.07, 6.45) is 0.580. The number of esters is 1. The van der Waals surface area contributed by atoms with Gasteiger partial charge in [-0.15, -0.1) is 0 Å². The zero-order valence-electron chi connectivity index (χ0n) is 28.1. The molecule has 0 spiro atoms. The van der Waals surface area contributed by atoms with Crippen molar-refractivity contribution in [2.75, 3.05) is 13.2 Å². The summed E-state index contributed by atoms with van der Waals surface area (Å²) in [5.74, 6) is 0.596. The third kappa shape index (κ3) is 13.3. The van der Waals surface area contributed by atoms with E-state index >= 15 is 0 Å². The van der Waals surface area contributed by atoms with Crippen LogP contribution >= 0.6 is 0 Å². The summed E-state index contributed by atoms with van der Waals surface area (Å²) in [6, 6.07) is 37.3. The number of nitrogens with zero attached hydrogens (tertiary/aromatic N) is 1. The molecule has 0 heterocycles. The average molecular weight is 637 g/mol. The van der Waals surface area contributed by atoms with Gasteiger partial charge in [0.2, 0.25) is 0 Å². The summed E-state index contributed by atoms with van der Waals surface area (Å²) in [6.45, 7) is 11.1. The Morgan fingerprint density at radius 2 is 1.26 bits per heavy atom. The zero-order valence-corrected chi connectivity index (χ0v) is 28.1. The average Bonchev–Trinajstić information content (AvgIpc) is 3.06. The molecule has 0 unspecified atom stereocenters. The largest absolute Gasteiger partial charge is 0.493 e. The number of benzene rings is 4. The molecule has 0 bridgehead atoms. The number of amides is 1. The first-order valence-corrected chi connectivity index (χ1v) is 16.3. The van der Waals surface area contributed by atoms with E-state index in [1.807, 2.05) is 54.6 Å². The Hall–Kier alpha value is -4.62. The van der Waals surface area contributed by atoms with Gasteiger partial charge in [-0.3, -0.25) is 4.90 Å². The molecule has 4 rings (SSSR count). The van der Waals surface area contributed by atoms with Crippen molar-refractivity contribution in [1.82, 2.24) is 10.2 Å². The number of nitrogens with one attached hydrogen (secondary N) is 1. The molecule has 1 amide bonds. The van der Waals surface area contributed by atoms with E-state index < -0.39 is 23.7 Å². The SMILES string of the molecule is C[C@H](CCN(Cc1ccccc1)Cc1ccccc1)COc1ccc(C[C@H](NC(=O)OCc2ccccc2)C(=O)OC(C)(C)C)cc1. The Kier molecular flexibility index (Phi) is 13.4. The van der Waals surface area contributed by atoms with Gasteiger partial charge in [-0.05, 0) is 74.0 Å². The lowest BCUT2D eigenvalue weighted by Gasteiger charge is -2.25. The topological polar surface area (TPSA) is 77.1 Å². The van der Waals surface area contributed by atoms with Crippen molar-refractivity contribution in [2.45, 2.75) is 71.9 Å². The van der Waals surface area contributed by atoms with Crippen molar-refractivity contribution >= 4 is 12.1 Å². The Labute approximate surface area is 279 Å². The van der Waals surface area contributed by atoms with Crippen molar-refractivity contribution in [1.29, 1.82) is 0 Å². The lowest BCUT2D eigenvalue weighted by molar-refractivity contribution is -0.157. The second kappa shape index (κ2) is 17.9. The molecule has 2 atom stereocenters. The van der Waals surface area contributed by atoms with Gasteiger partial charge in [-0.1, -0.05) is 110 Å². The fraction of sp³-hybridized carbons (Fsp3) is 0.350. The fourth-order valence-electron chi connectivity index (χ4n) is 5.05. The molecule has 0 saturated carbocycles. The molecule has 7 nitrogen and oxygen atoms in total. The summed E-state index contributed by atoms with van der Waals surface area (Å²) in [7, 11) is 0. The standard InChI is InChI=1S/C40H48N2O5/c1-31(24-25-42(27-33-14-8-5-9-15-33)28-34-16-10-6-11-17-34)29-45-36-22-20-32(21-23-36)26-37(38(43)47-40(2,3)4)41-39(44)46-30-35-18-12-7-13-19-35/h5-23,31,37H,24-30H2,1-4H3,(H,41,44)/t31-,37+/m1/s1. The lowest BCUT2D eigenvalue weighted by atomic mass is 10.1. The molecule has 0 aromatic heterocycles. The van der Waals surface area contributed by atoms with Gasteiger partial charge in [-0.25, -0.2) is 9.59 Å². The van der Waals surface area contributed by atoms with Crippen LogP contribution < -0.4 is 10.1 Å². The smallest absolute Gasteiger partial charge is 0.408 e. The van der Waals surface area contributed by atoms with Crippen LogP contribution in [0.15, 0.2) is 115 Å². The molecule has 47 heavy (non-hydrogen) atoms. The monoisotopic (exact) mass is 636 g/mol. The van der Waals surface area contributed by atoms with Crippen LogP contribution in [0.2, 0.25) is 0 Å². The van der Waals surface area contributed by atoms with Gasteiger partial charge >= 0.3 is 12.1 Å². The van der Waals surface area contributed by atoms with E-state index in [0.29, 0.717) is 12.5 Å². The van der Waals surface area contributed by atoms with E-state index in [-0.39, 0.29) is 13.0 Å². The number of ether oxygens (including phenoxy) is 3. The summed E-state index contributed by atoms with van der Waals surface area (Å²) >= 11 is 0. The van der Waals surface area contributed by atoms with Gasteiger partial charge in [-0.2, -0.15) is 0 Å². The van der Waals surface area contributed by atoms with Crippen molar-refractivity contribution < 1.29 is 23.8 Å². The number of hydrogen-bond donors (Lipinski definition) is 1. The molecular formula is C40H48N2O5. The molecule has 4 aromatic rings. The Balaban J connectivity index is 1.28. The summed E-state index contributed by atoms with van der Waals surface area (Å²) in [5, 5.41) is 2.70. The summed E-state index contributed by atoms with van der Waals surface area (Å²) < 4.78 is 17.1. The molecule has 0 aliphatic rings. The van der Waals surface area contributed by atoms with Gasteiger partial charge in [0, 0.05) is 19.5 Å². The zero-order chi connectivity index (χ0) is 33.5. The summed E-state index contributed by atoms with van der Waals surface area (Å²) in [5.41, 5.74) is 3.64. The quantitative estimate of drug-likeness (QED) is 0.126. The third-order valence-corrected chi connectivity index (χ3v) is 7.53. The van der Waals surface area contributed by atoms with Crippen LogP contribution in [0.25, 0.3) is 0 Å². The summed E-state index contributed by atoms with van der Waals surface area (Å²) in [4.78, 5) is 28.1. The molecule has 7 heteroatoms. The number of alkyl carbamates (subject to hydrolysis) is 1. The van der Waals surface area contributed by atoms with E-state index in [1.165, 1.54) is 11.1 Å². The van der Waals surface area contributed by atoms with Gasteiger partial charge in [0.1, 0.15) is 24.0 Å². The number of hydrogen-bond acceptors (Lipinski definition) is 6. The highest BCUT2D eigenvalue weighted by Gasteiger charge is 2.27. The maximum Gasteiger partial charge on any atom is 0.408 e. The van der Waals surface area contributed by atoms with Crippen LogP contribution in [0.4, 0.5) is 4.79 Å². The van der Waals surface area contributed by atoms with E-state index in [9.17, 15) is 9.59 Å². The predicted octanol–water partition coefficient (Wildman–Crippen LogP) is 7.97. The maximum absolute atomic E-state index is 13.0. The lowest BCUT2D eigenvalue weighted by Crippen LogP contribution is -2.45. The minimum absolute atomic E-state index is 0.107. The number of carbonyl (C=O) groups is 2. The Morgan fingerprint density at radius 1 is 0.723 bits per heavy atom.